The van der Waals surface area contributed by atoms with E-state index in [2.05, 4.69) is 15.5 Å². The maximum Gasteiger partial charge on any atom is 0.280 e. The Bertz CT molecular complexity index is 905. The number of rotatable bonds is 5. The number of para-hydroxylation sites is 1. The lowest BCUT2D eigenvalue weighted by Gasteiger charge is -2.04. The van der Waals surface area contributed by atoms with Gasteiger partial charge in [-0.1, -0.05) is 34.6 Å². The lowest BCUT2D eigenvalue weighted by molar-refractivity contribution is 0.0713. The van der Waals surface area contributed by atoms with Gasteiger partial charge in [0.1, 0.15) is 11.3 Å². The first-order chi connectivity index (χ1) is 11.3. The normalized spacial score (nSPS) is 11.0. The fraction of sp³-hybridized carbons (Fsp3) is 0.125. The molecule has 0 aliphatic carbocycles. The summed E-state index contributed by atoms with van der Waals surface area (Å²) in [6.45, 7) is -0.123. The summed E-state index contributed by atoms with van der Waals surface area (Å²) in [6.07, 6.45) is 1.51. The Morgan fingerprint density at radius 1 is 1.17 bits per heavy atom. The minimum atomic E-state index is -0.275. The van der Waals surface area contributed by atoms with E-state index in [9.17, 15) is 4.79 Å². The molecular formula is C16H14N4O3. The first-order valence-electron chi connectivity index (χ1n) is 6.90. The average Bonchev–Trinajstić information content (AvgIpc) is 2.61. The molecule has 7 heteroatoms. The van der Waals surface area contributed by atoms with Gasteiger partial charge in [-0.3, -0.25) is 4.79 Å². The van der Waals surface area contributed by atoms with Crippen LogP contribution in [0.2, 0.25) is 0 Å². The molecule has 0 aliphatic heterocycles. The van der Waals surface area contributed by atoms with E-state index in [-0.39, 0.29) is 12.3 Å². The summed E-state index contributed by atoms with van der Waals surface area (Å²) < 4.78 is 6.32. The zero-order chi connectivity index (χ0) is 16.1. The van der Waals surface area contributed by atoms with Gasteiger partial charge < -0.3 is 9.57 Å². The average molecular weight is 310 g/mol. The van der Waals surface area contributed by atoms with Gasteiger partial charge in [0, 0.05) is 5.56 Å². The number of oxime groups is 1. The lowest BCUT2D eigenvalue weighted by Crippen LogP contribution is -2.24. The molecule has 23 heavy (non-hydrogen) atoms. The number of nitrogens with zero attached hydrogens (tertiary/aromatic N) is 4. The molecule has 0 saturated carbocycles. The van der Waals surface area contributed by atoms with Gasteiger partial charge in [0.05, 0.1) is 18.7 Å². The van der Waals surface area contributed by atoms with E-state index in [1.807, 2.05) is 24.3 Å². The summed E-state index contributed by atoms with van der Waals surface area (Å²) in [5, 5.41) is 12.1. The van der Waals surface area contributed by atoms with Crippen LogP contribution < -0.4 is 10.3 Å². The fourth-order valence-electron chi connectivity index (χ4n) is 2.06. The van der Waals surface area contributed by atoms with E-state index in [0.717, 1.165) is 10.2 Å². The quantitative estimate of drug-likeness (QED) is 0.530. The molecule has 3 rings (SSSR count). The Morgan fingerprint density at radius 2 is 1.96 bits per heavy atom. The van der Waals surface area contributed by atoms with Crippen LogP contribution >= 0.6 is 0 Å². The van der Waals surface area contributed by atoms with Gasteiger partial charge in [0.2, 0.25) is 6.73 Å². The highest BCUT2D eigenvalue weighted by Gasteiger charge is 2.04. The van der Waals surface area contributed by atoms with Crippen molar-refractivity contribution in [2.75, 3.05) is 7.11 Å². The van der Waals surface area contributed by atoms with Crippen molar-refractivity contribution < 1.29 is 9.57 Å². The number of hydrogen-bond donors (Lipinski definition) is 0. The molecule has 0 aliphatic rings. The van der Waals surface area contributed by atoms with Gasteiger partial charge in [-0.15, -0.1) is 5.10 Å². The number of benzene rings is 2. The highest BCUT2D eigenvalue weighted by molar-refractivity contribution is 5.83. The summed E-state index contributed by atoms with van der Waals surface area (Å²) in [5.74, 6) is 0.683. The van der Waals surface area contributed by atoms with Gasteiger partial charge in [0.15, 0.2) is 0 Å². The third-order valence-corrected chi connectivity index (χ3v) is 3.21. The van der Waals surface area contributed by atoms with Gasteiger partial charge in [-0.2, -0.15) is 4.68 Å². The van der Waals surface area contributed by atoms with E-state index in [1.165, 1.54) is 6.21 Å². The maximum absolute atomic E-state index is 12.2. The van der Waals surface area contributed by atoms with Crippen LogP contribution in [0.3, 0.4) is 0 Å². The molecule has 0 saturated heterocycles. The maximum atomic E-state index is 12.2. The van der Waals surface area contributed by atoms with Crippen molar-refractivity contribution >= 4 is 17.1 Å². The highest BCUT2D eigenvalue weighted by atomic mass is 16.6. The van der Waals surface area contributed by atoms with Gasteiger partial charge in [-0.05, 0) is 24.3 Å². The van der Waals surface area contributed by atoms with Crippen molar-refractivity contribution in [1.82, 2.24) is 15.0 Å². The molecule has 1 aromatic heterocycles. The molecule has 3 aromatic rings. The smallest absolute Gasteiger partial charge is 0.280 e. The zero-order valence-electron chi connectivity index (χ0n) is 12.4. The minimum Gasteiger partial charge on any atom is -0.496 e. The summed E-state index contributed by atoms with van der Waals surface area (Å²) in [6, 6.07) is 14.4. The number of ether oxygens (including phenoxy) is 1. The highest BCUT2D eigenvalue weighted by Crippen LogP contribution is 2.14. The molecule has 0 radical (unpaired) electrons. The number of hydrogen-bond acceptors (Lipinski definition) is 6. The molecule has 7 nitrogen and oxygen atoms in total. The Hall–Kier alpha value is -3.22. The van der Waals surface area contributed by atoms with Crippen LogP contribution in [0.25, 0.3) is 10.9 Å². The predicted molar refractivity (Wildman–Crippen MR) is 85.5 cm³/mol. The molecule has 0 bridgehead atoms. The van der Waals surface area contributed by atoms with Crippen LogP contribution in [-0.4, -0.2) is 28.3 Å². The second-order valence-corrected chi connectivity index (χ2v) is 4.65. The molecule has 2 aromatic carbocycles. The van der Waals surface area contributed by atoms with Gasteiger partial charge in [0.25, 0.3) is 5.56 Å². The molecular weight excluding hydrogens is 296 g/mol. The van der Waals surface area contributed by atoms with E-state index in [1.54, 1.807) is 31.4 Å². The Labute approximate surface area is 131 Å². The second-order valence-electron chi connectivity index (χ2n) is 4.65. The third kappa shape index (κ3) is 3.18. The van der Waals surface area contributed by atoms with Crippen molar-refractivity contribution in [2.24, 2.45) is 5.16 Å². The molecule has 0 spiro atoms. The van der Waals surface area contributed by atoms with Crippen molar-refractivity contribution in [1.29, 1.82) is 0 Å². The van der Waals surface area contributed by atoms with Crippen molar-refractivity contribution in [3.63, 3.8) is 0 Å². The second kappa shape index (κ2) is 6.69. The standard InChI is InChI=1S/C16H14N4O3/c1-22-15-9-5-2-6-12(15)10-17-23-11-20-16(21)13-7-3-4-8-14(13)18-19-20/h2-10H,11H2,1H3. The van der Waals surface area contributed by atoms with Gasteiger partial charge in [-0.25, -0.2) is 0 Å². The Balaban J connectivity index is 1.73. The van der Waals surface area contributed by atoms with Crippen molar-refractivity contribution in [3.05, 3.63) is 64.4 Å². The number of aromatic nitrogens is 3. The van der Waals surface area contributed by atoms with E-state index >= 15 is 0 Å². The first kappa shape index (κ1) is 14.7. The Morgan fingerprint density at radius 3 is 2.83 bits per heavy atom. The van der Waals surface area contributed by atoms with Crippen LogP contribution in [0, 0.1) is 0 Å². The summed E-state index contributed by atoms with van der Waals surface area (Å²) in [7, 11) is 1.58. The van der Waals surface area contributed by atoms with Crippen molar-refractivity contribution in [3.8, 4) is 5.75 Å². The minimum absolute atomic E-state index is 0.123. The molecule has 0 amide bonds. The van der Waals surface area contributed by atoms with Crippen molar-refractivity contribution in [2.45, 2.75) is 6.73 Å². The van der Waals surface area contributed by atoms with Crippen LogP contribution in [0.4, 0.5) is 0 Å². The summed E-state index contributed by atoms with van der Waals surface area (Å²) >= 11 is 0. The van der Waals surface area contributed by atoms with E-state index in [0.29, 0.717) is 16.7 Å². The molecule has 0 atom stereocenters. The monoisotopic (exact) mass is 310 g/mol. The van der Waals surface area contributed by atoms with Crippen LogP contribution in [0.5, 0.6) is 5.75 Å². The third-order valence-electron chi connectivity index (χ3n) is 3.21. The van der Waals surface area contributed by atoms with Crippen LogP contribution in [0.1, 0.15) is 5.56 Å². The fourth-order valence-corrected chi connectivity index (χ4v) is 2.06. The zero-order valence-corrected chi connectivity index (χ0v) is 12.4. The largest absolute Gasteiger partial charge is 0.496 e. The lowest BCUT2D eigenvalue weighted by atomic mass is 10.2. The molecule has 0 unspecified atom stereocenters. The molecule has 1 heterocycles. The van der Waals surface area contributed by atoms with E-state index in [4.69, 9.17) is 9.57 Å². The molecule has 0 fully saturated rings. The van der Waals surface area contributed by atoms with E-state index < -0.39 is 0 Å². The van der Waals surface area contributed by atoms with Crippen LogP contribution in [0.15, 0.2) is 58.5 Å². The Kier molecular flexibility index (Phi) is 4.28. The molecule has 116 valence electrons. The molecule has 0 N–H and O–H groups in total. The SMILES string of the molecule is COc1ccccc1C=NOCn1nnc2ccccc2c1=O. The topological polar surface area (TPSA) is 78.6 Å². The number of methoxy groups -OCH3 is 1. The summed E-state index contributed by atoms with van der Waals surface area (Å²) in [4.78, 5) is 17.3. The van der Waals surface area contributed by atoms with Crippen LogP contribution in [-0.2, 0) is 11.6 Å². The predicted octanol–water partition coefficient (Wildman–Crippen LogP) is 1.81. The summed E-state index contributed by atoms with van der Waals surface area (Å²) in [5.41, 5.74) is 1.04. The first-order valence-corrected chi connectivity index (χ1v) is 6.90. The number of fused-ring (bicyclic) bond motifs is 1. The van der Waals surface area contributed by atoms with Gasteiger partial charge >= 0.3 is 0 Å².